The van der Waals surface area contributed by atoms with Crippen molar-refractivity contribution in [3.63, 3.8) is 0 Å². The van der Waals surface area contributed by atoms with Gasteiger partial charge < -0.3 is 0 Å². The molecule has 0 N–H and O–H groups in total. The molecule has 1 aromatic heterocycles. The summed E-state index contributed by atoms with van der Waals surface area (Å²) in [6.07, 6.45) is 3.75. The van der Waals surface area contributed by atoms with E-state index in [2.05, 4.69) is 31.9 Å². The van der Waals surface area contributed by atoms with Crippen molar-refractivity contribution < 1.29 is 4.79 Å². The minimum atomic E-state index is 0.0915. The van der Waals surface area contributed by atoms with Crippen LogP contribution in [0.4, 0.5) is 0 Å². The van der Waals surface area contributed by atoms with Crippen LogP contribution in [0.1, 0.15) is 57.5 Å². The van der Waals surface area contributed by atoms with Crippen LogP contribution in [0.15, 0.2) is 30.6 Å². The van der Waals surface area contributed by atoms with Gasteiger partial charge in [0.25, 0.3) is 0 Å². The number of hydrogen-bond acceptors (Lipinski definition) is 2. The highest BCUT2D eigenvalue weighted by Crippen LogP contribution is 2.21. The van der Waals surface area contributed by atoms with Gasteiger partial charge in [0, 0.05) is 24.4 Å². The lowest BCUT2D eigenvalue weighted by Crippen LogP contribution is -1.93. The van der Waals surface area contributed by atoms with Crippen LogP contribution >= 0.6 is 0 Å². The fourth-order valence-corrected chi connectivity index (χ4v) is 1.72. The van der Waals surface area contributed by atoms with Gasteiger partial charge in [-0.2, -0.15) is 5.10 Å². The van der Waals surface area contributed by atoms with Crippen molar-refractivity contribution in [3.8, 4) is 11.1 Å². The molecule has 1 aromatic carbocycles. The average Bonchev–Trinajstić information content (AvgIpc) is 2.86. The van der Waals surface area contributed by atoms with Gasteiger partial charge in [0.15, 0.2) is 5.78 Å². The molecular formula is C19H30N2O. The second-order valence-corrected chi connectivity index (χ2v) is 5.78. The Labute approximate surface area is 135 Å². The fourth-order valence-electron chi connectivity index (χ4n) is 1.72. The van der Waals surface area contributed by atoms with Crippen molar-refractivity contribution in [1.29, 1.82) is 0 Å². The Bertz CT molecular complexity index is 580. The van der Waals surface area contributed by atoms with Crippen molar-refractivity contribution in [2.45, 2.75) is 48.5 Å². The Balaban J connectivity index is 0.000000640. The number of rotatable bonds is 2. The summed E-state index contributed by atoms with van der Waals surface area (Å²) in [4.78, 5) is 11.4. The third-order valence-corrected chi connectivity index (χ3v) is 2.52. The molecule has 3 heteroatoms. The topological polar surface area (TPSA) is 34.9 Å². The molecule has 0 unspecified atom stereocenters. The van der Waals surface area contributed by atoms with Gasteiger partial charge in [-0.3, -0.25) is 9.48 Å². The summed E-state index contributed by atoms with van der Waals surface area (Å²) >= 11 is 0. The zero-order chi connectivity index (χ0) is 17.3. The van der Waals surface area contributed by atoms with E-state index in [9.17, 15) is 4.79 Å². The summed E-state index contributed by atoms with van der Waals surface area (Å²) in [5.74, 6) is 0.925. The Morgan fingerprint density at radius 2 is 1.64 bits per heavy atom. The molecular weight excluding hydrogens is 272 g/mol. The van der Waals surface area contributed by atoms with E-state index >= 15 is 0 Å². The van der Waals surface area contributed by atoms with Gasteiger partial charge in [0.2, 0.25) is 0 Å². The van der Waals surface area contributed by atoms with E-state index in [4.69, 9.17) is 0 Å². The van der Waals surface area contributed by atoms with Crippen molar-refractivity contribution >= 4 is 5.78 Å². The van der Waals surface area contributed by atoms with Crippen molar-refractivity contribution in [1.82, 2.24) is 9.78 Å². The zero-order valence-corrected chi connectivity index (χ0v) is 15.3. The van der Waals surface area contributed by atoms with Gasteiger partial charge >= 0.3 is 0 Å². The number of nitrogens with zero attached hydrogens (tertiary/aromatic N) is 2. The van der Waals surface area contributed by atoms with Crippen LogP contribution in [0, 0.1) is 12.8 Å². The lowest BCUT2D eigenvalue weighted by molar-refractivity contribution is 0.101. The molecule has 0 aliphatic carbocycles. The molecule has 3 nitrogen and oxygen atoms in total. The second kappa shape index (κ2) is 9.93. The van der Waals surface area contributed by atoms with E-state index in [0.717, 1.165) is 28.2 Å². The maximum absolute atomic E-state index is 11.4. The number of aryl methyl sites for hydroxylation is 2. The maximum Gasteiger partial charge on any atom is 0.159 e. The summed E-state index contributed by atoms with van der Waals surface area (Å²) in [5.41, 5.74) is 3.91. The normalized spacial score (nSPS) is 9.50. The molecule has 0 bridgehead atoms. The molecule has 22 heavy (non-hydrogen) atoms. The summed E-state index contributed by atoms with van der Waals surface area (Å²) in [6.45, 7) is 14.1. The lowest BCUT2D eigenvalue weighted by atomic mass is 10.0. The number of carbonyl (C=O) groups excluding carboxylic acids is 1. The molecule has 1 heterocycles. The lowest BCUT2D eigenvalue weighted by Gasteiger charge is -2.03. The van der Waals surface area contributed by atoms with Crippen LogP contribution in [0.25, 0.3) is 11.1 Å². The van der Waals surface area contributed by atoms with Crippen molar-refractivity contribution in [2.75, 3.05) is 0 Å². The van der Waals surface area contributed by atoms with Crippen molar-refractivity contribution in [2.24, 2.45) is 13.0 Å². The van der Waals surface area contributed by atoms with E-state index in [1.54, 1.807) is 17.8 Å². The van der Waals surface area contributed by atoms with E-state index in [-0.39, 0.29) is 5.78 Å². The van der Waals surface area contributed by atoms with Crippen LogP contribution < -0.4 is 0 Å². The Morgan fingerprint density at radius 1 is 1.09 bits per heavy atom. The minimum absolute atomic E-state index is 0.0915. The van der Waals surface area contributed by atoms with Crippen LogP contribution in [-0.4, -0.2) is 15.6 Å². The molecule has 0 aliphatic rings. The van der Waals surface area contributed by atoms with Gasteiger partial charge in [0.1, 0.15) is 0 Å². The SMILES string of the molecule is CC.CC(=O)c1cc(C)cc(-c2cnn(C)c2)c1.CC(C)C. The Hall–Kier alpha value is -1.90. The molecule has 0 aliphatic heterocycles. The largest absolute Gasteiger partial charge is 0.295 e. The van der Waals surface area contributed by atoms with Gasteiger partial charge in [-0.15, -0.1) is 0 Å². The summed E-state index contributed by atoms with van der Waals surface area (Å²) in [5, 5.41) is 4.13. The number of Topliss-reactive ketones (excluding diaryl/α,β-unsaturated/α-hetero) is 1. The summed E-state index contributed by atoms with van der Waals surface area (Å²) in [7, 11) is 1.88. The third kappa shape index (κ3) is 7.21. The van der Waals surface area contributed by atoms with Crippen LogP contribution in [0.3, 0.4) is 0 Å². The van der Waals surface area contributed by atoms with E-state index in [1.165, 1.54) is 0 Å². The number of hydrogen-bond donors (Lipinski definition) is 0. The molecule has 0 fully saturated rings. The molecule has 0 spiro atoms. The molecule has 0 amide bonds. The molecule has 0 radical (unpaired) electrons. The first-order chi connectivity index (χ1) is 10.3. The fraction of sp³-hybridized carbons (Fsp3) is 0.474. The second-order valence-electron chi connectivity index (χ2n) is 5.78. The van der Waals surface area contributed by atoms with E-state index in [0.29, 0.717) is 0 Å². The first kappa shape index (κ1) is 20.1. The minimum Gasteiger partial charge on any atom is -0.295 e. The van der Waals surface area contributed by atoms with E-state index < -0.39 is 0 Å². The third-order valence-electron chi connectivity index (χ3n) is 2.52. The van der Waals surface area contributed by atoms with Crippen LogP contribution in [0.2, 0.25) is 0 Å². The molecule has 0 saturated carbocycles. The standard InChI is InChI=1S/C13H14N2O.C4H10.C2H6/c1-9-4-11(10(2)16)6-12(5-9)13-7-14-15(3)8-13;1-4(2)3;1-2/h4-8H,1-3H3;4H,1-3H3;1-2H3. The summed E-state index contributed by atoms with van der Waals surface area (Å²) in [6, 6.07) is 5.87. The predicted molar refractivity (Wildman–Crippen MR) is 95.2 cm³/mol. The highest BCUT2D eigenvalue weighted by atomic mass is 16.1. The summed E-state index contributed by atoms with van der Waals surface area (Å²) < 4.78 is 1.76. The number of carbonyl (C=O) groups is 1. The Kier molecular flexibility index (Phi) is 9.07. The molecule has 0 atom stereocenters. The molecule has 2 rings (SSSR count). The number of benzene rings is 1. The predicted octanol–water partition coefficient (Wildman–Crippen LogP) is 5.29. The highest BCUT2D eigenvalue weighted by Gasteiger charge is 2.05. The van der Waals surface area contributed by atoms with E-state index in [1.807, 2.05) is 46.1 Å². The number of aromatic nitrogens is 2. The van der Waals surface area contributed by atoms with Crippen molar-refractivity contribution in [3.05, 3.63) is 41.7 Å². The zero-order valence-electron chi connectivity index (χ0n) is 15.3. The smallest absolute Gasteiger partial charge is 0.159 e. The van der Waals surface area contributed by atoms with Gasteiger partial charge in [0.05, 0.1) is 6.20 Å². The monoisotopic (exact) mass is 302 g/mol. The number of ketones is 1. The molecule has 2 aromatic rings. The first-order valence-corrected chi connectivity index (χ1v) is 7.91. The quantitative estimate of drug-likeness (QED) is 0.707. The van der Waals surface area contributed by atoms with Gasteiger partial charge in [-0.05, 0) is 43.0 Å². The average molecular weight is 302 g/mol. The maximum atomic E-state index is 11.4. The van der Waals surface area contributed by atoms with Gasteiger partial charge in [-0.25, -0.2) is 0 Å². The first-order valence-electron chi connectivity index (χ1n) is 7.91. The Morgan fingerprint density at radius 3 is 2.05 bits per heavy atom. The van der Waals surface area contributed by atoms with Crippen LogP contribution in [0.5, 0.6) is 0 Å². The highest BCUT2D eigenvalue weighted by molar-refractivity contribution is 5.95. The van der Waals surface area contributed by atoms with Gasteiger partial charge in [-0.1, -0.05) is 40.7 Å². The molecule has 0 saturated heterocycles. The van der Waals surface area contributed by atoms with Crippen LogP contribution in [-0.2, 0) is 7.05 Å². The molecule has 122 valence electrons.